The average molecular weight is 622 g/mol. The van der Waals surface area contributed by atoms with Gasteiger partial charge in [-0.3, -0.25) is 4.79 Å². The van der Waals surface area contributed by atoms with Crippen LogP contribution >= 0.6 is 11.6 Å². The van der Waals surface area contributed by atoms with E-state index in [0.29, 0.717) is 31.7 Å². The number of halogens is 5. The number of carbonyl (C=O) groups excluding carboxylic acids is 1. The zero-order valence-corrected chi connectivity index (χ0v) is 24.7. The predicted molar refractivity (Wildman–Crippen MR) is 157 cm³/mol. The topological polar surface area (TPSA) is 101 Å². The van der Waals surface area contributed by atoms with Gasteiger partial charge in [-0.15, -0.1) is 0 Å². The zero-order valence-electron chi connectivity index (χ0n) is 24.0. The maximum absolute atomic E-state index is 16.5. The number of ether oxygens (including phenoxy) is 1. The summed E-state index contributed by atoms with van der Waals surface area (Å²) in [6, 6.07) is 2.32. The summed E-state index contributed by atoms with van der Waals surface area (Å²) in [5.41, 5.74) is 2.94. The fourth-order valence-corrected chi connectivity index (χ4v) is 6.13. The van der Waals surface area contributed by atoms with Crippen molar-refractivity contribution in [2.45, 2.75) is 44.9 Å². The van der Waals surface area contributed by atoms with Gasteiger partial charge in [0.2, 0.25) is 0 Å². The van der Waals surface area contributed by atoms with E-state index in [-0.39, 0.29) is 52.0 Å². The third kappa shape index (κ3) is 6.19. The van der Waals surface area contributed by atoms with Gasteiger partial charge in [0, 0.05) is 43.3 Å². The second-order valence-electron chi connectivity index (χ2n) is 11.0. The molecule has 230 valence electrons. The summed E-state index contributed by atoms with van der Waals surface area (Å²) >= 11 is 6.55. The number of benzene rings is 1. The Bertz CT molecular complexity index is 1570. The number of pyridine rings is 1. The van der Waals surface area contributed by atoms with Crippen LogP contribution in [0, 0.1) is 12.7 Å². The van der Waals surface area contributed by atoms with E-state index in [0.717, 1.165) is 25.5 Å². The van der Waals surface area contributed by atoms with Crippen molar-refractivity contribution in [3.05, 3.63) is 46.4 Å². The summed E-state index contributed by atoms with van der Waals surface area (Å²) in [6.45, 7) is 5.89. The largest absolute Gasteiger partial charge is 0.462 e. The number of likely N-dealkylation sites (tertiary alicyclic amines) is 1. The number of anilines is 2. The van der Waals surface area contributed by atoms with Crippen molar-refractivity contribution in [3.63, 3.8) is 0 Å². The van der Waals surface area contributed by atoms with E-state index in [1.165, 1.54) is 19.1 Å². The number of fused-ring (bicyclic) bond motifs is 1. The average Bonchev–Trinajstić information content (AvgIpc) is 3.34. The van der Waals surface area contributed by atoms with Gasteiger partial charge in [-0.1, -0.05) is 11.6 Å². The van der Waals surface area contributed by atoms with Crippen LogP contribution in [0.1, 0.15) is 30.9 Å². The number of allylic oxidation sites excluding steroid dienone is 1. The molecule has 3 aromatic rings. The molecule has 4 heterocycles. The van der Waals surface area contributed by atoms with E-state index in [2.05, 4.69) is 19.9 Å². The highest BCUT2D eigenvalue weighted by atomic mass is 35.5. The van der Waals surface area contributed by atoms with E-state index in [1.807, 2.05) is 23.8 Å². The molecule has 43 heavy (non-hydrogen) atoms. The maximum Gasteiger partial charge on any atom is 0.418 e. The van der Waals surface area contributed by atoms with Crippen molar-refractivity contribution in [3.8, 4) is 17.3 Å². The molecule has 2 aliphatic rings. The molecular weight excluding hydrogens is 590 g/mol. The molecule has 2 aromatic heterocycles. The monoisotopic (exact) mass is 621 g/mol. The SMILES string of the molecule is Cc1cc(N)nc(-c2c(Cl)cc3c(N4CCN(C=CC=O)C[C@@H]4C)nc(OCC4CCCN4C)nc3c2F)c1C(F)(F)F. The molecule has 0 bridgehead atoms. The van der Waals surface area contributed by atoms with Gasteiger partial charge >= 0.3 is 12.2 Å². The first-order valence-corrected chi connectivity index (χ1v) is 14.3. The smallest absolute Gasteiger partial charge is 0.418 e. The Morgan fingerprint density at radius 2 is 1.95 bits per heavy atom. The summed E-state index contributed by atoms with van der Waals surface area (Å²) in [7, 11) is 1.99. The Morgan fingerprint density at radius 1 is 1.19 bits per heavy atom. The minimum absolute atomic E-state index is 0.0989. The summed E-state index contributed by atoms with van der Waals surface area (Å²) < 4.78 is 65.0. The third-order valence-electron chi connectivity index (χ3n) is 7.98. The van der Waals surface area contributed by atoms with Gasteiger partial charge in [0.25, 0.3) is 0 Å². The number of alkyl halides is 3. The summed E-state index contributed by atoms with van der Waals surface area (Å²) in [5.74, 6) is -0.955. The van der Waals surface area contributed by atoms with Gasteiger partial charge in [0.1, 0.15) is 30.0 Å². The van der Waals surface area contributed by atoms with E-state index >= 15 is 4.39 Å². The van der Waals surface area contributed by atoms with Crippen LogP contribution in [0.15, 0.2) is 24.4 Å². The van der Waals surface area contributed by atoms with Gasteiger partial charge in [0.05, 0.1) is 21.8 Å². The highest BCUT2D eigenvalue weighted by Crippen LogP contribution is 2.44. The molecule has 2 aliphatic heterocycles. The number of hydrogen-bond acceptors (Lipinski definition) is 9. The minimum Gasteiger partial charge on any atom is -0.462 e. The molecule has 0 aliphatic carbocycles. The van der Waals surface area contributed by atoms with Crippen molar-refractivity contribution < 1.29 is 27.1 Å². The number of likely N-dealkylation sites (N-methyl/N-ethyl adjacent to an activating group) is 1. The standard InChI is InChI=1S/C29H32ClF4N7O2/c1-16-12-21(35)36-26(23(16)29(32,33)34)22-20(30)13-19-25(24(22)31)37-28(43-15-18-6-4-7-39(18)3)38-27(19)41-10-9-40(8-5-11-42)14-17(41)2/h5,8,11-13,17-18H,4,6-7,9-10,14-15H2,1-3H3,(H2,35,36)/t17-,18?/m0/s1. The molecule has 0 radical (unpaired) electrons. The first-order valence-electron chi connectivity index (χ1n) is 13.9. The van der Waals surface area contributed by atoms with Gasteiger partial charge in [-0.05, 0) is 64.1 Å². The van der Waals surface area contributed by atoms with Crippen molar-refractivity contribution in [1.29, 1.82) is 0 Å². The second kappa shape index (κ2) is 12.1. The Balaban J connectivity index is 1.67. The lowest BCUT2D eigenvalue weighted by Gasteiger charge is -2.40. The van der Waals surface area contributed by atoms with E-state index < -0.39 is 28.8 Å². The number of aldehydes is 1. The molecule has 0 amide bonds. The summed E-state index contributed by atoms with van der Waals surface area (Å²) in [6.07, 6.45) is 0.887. The van der Waals surface area contributed by atoms with E-state index in [4.69, 9.17) is 22.1 Å². The molecule has 2 atom stereocenters. The highest BCUT2D eigenvalue weighted by molar-refractivity contribution is 6.34. The molecule has 1 aromatic carbocycles. The van der Waals surface area contributed by atoms with E-state index in [9.17, 15) is 18.0 Å². The van der Waals surface area contributed by atoms with Crippen LogP contribution in [0.3, 0.4) is 0 Å². The minimum atomic E-state index is -4.85. The maximum atomic E-state index is 16.5. The second-order valence-corrected chi connectivity index (χ2v) is 11.4. The predicted octanol–water partition coefficient (Wildman–Crippen LogP) is 5.09. The molecule has 2 fully saturated rings. The van der Waals surface area contributed by atoms with Crippen molar-refractivity contribution in [1.82, 2.24) is 24.8 Å². The fourth-order valence-electron chi connectivity index (χ4n) is 5.85. The van der Waals surface area contributed by atoms with Crippen LogP contribution in [-0.4, -0.2) is 83.0 Å². The van der Waals surface area contributed by atoms with Crippen molar-refractivity contribution >= 4 is 40.4 Å². The molecule has 14 heteroatoms. The van der Waals surface area contributed by atoms with Crippen LogP contribution in [0.5, 0.6) is 6.01 Å². The van der Waals surface area contributed by atoms with Crippen molar-refractivity contribution in [2.24, 2.45) is 0 Å². The molecular formula is C29H32ClF4N7O2. The van der Waals surface area contributed by atoms with Gasteiger partial charge in [-0.2, -0.15) is 23.1 Å². The summed E-state index contributed by atoms with van der Waals surface area (Å²) in [5, 5.41) is -0.0752. The molecule has 0 spiro atoms. The number of nitrogens with zero attached hydrogens (tertiary/aromatic N) is 6. The molecule has 2 saturated heterocycles. The quantitative estimate of drug-likeness (QED) is 0.220. The van der Waals surface area contributed by atoms with Gasteiger partial charge in [-0.25, -0.2) is 9.37 Å². The van der Waals surface area contributed by atoms with Crippen LogP contribution in [0.25, 0.3) is 22.2 Å². The van der Waals surface area contributed by atoms with Crippen LogP contribution in [0.4, 0.5) is 29.2 Å². The summed E-state index contributed by atoms with van der Waals surface area (Å²) in [4.78, 5) is 29.8. The fraction of sp³-hybridized carbons (Fsp3) is 0.448. The number of nitrogens with two attached hydrogens (primary N) is 1. The lowest BCUT2D eigenvalue weighted by atomic mass is 9.99. The lowest BCUT2D eigenvalue weighted by Crippen LogP contribution is -2.50. The molecule has 2 N–H and O–H groups in total. The van der Waals surface area contributed by atoms with Gasteiger partial charge in [0.15, 0.2) is 5.82 Å². The first-order chi connectivity index (χ1) is 20.4. The molecule has 9 nitrogen and oxygen atoms in total. The number of rotatable bonds is 7. The Morgan fingerprint density at radius 3 is 2.60 bits per heavy atom. The first kappa shape index (κ1) is 30.7. The Kier molecular flexibility index (Phi) is 8.66. The Labute approximate surface area is 251 Å². The molecule has 1 unspecified atom stereocenters. The number of aromatic nitrogens is 3. The third-order valence-corrected chi connectivity index (χ3v) is 8.28. The van der Waals surface area contributed by atoms with Gasteiger partial charge < -0.3 is 25.2 Å². The van der Waals surface area contributed by atoms with Crippen molar-refractivity contribution in [2.75, 3.05) is 50.5 Å². The molecule has 0 saturated carbocycles. The number of carbonyl (C=O) groups is 1. The molecule has 5 rings (SSSR count). The Hall–Kier alpha value is -3.71. The lowest BCUT2D eigenvalue weighted by molar-refractivity contribution is -0.137. The number of nitrogen functional groups attached to an aromatic ring is 1. The zero-order chi connectivity index (χ0) is 31.1. The van der Waals surface area contributed by atoms with Crippen LogP contribution in [-0.2, 0) is 11.0 Å². The number of piperazine rings is 1. The normalized spacial score (nSPS) is 20.0. The van der Waals surface area contributed by atoms with Crippen LogP contribution < -0.4 is 15.4 Å². The number of aryl methyl sites for hydroxylation is 1. The highest BCUT2D eigenvalue weighted by Gasteiger charge is 2.39. The van der Waals surface area contributed by atoms with Crippen LogP contribution in [0.2, 0.25) is 5.02 Å². The number of hydrogen-bond donors (Lipinski definition) is 1. The van der Waals surface area contributed by atoms with E-state index in [1.54, 1.807) is 6.20 Å².